The molecule has 0 rings (SSSR count). The summed E-state index contributed by atoms with van der Waals surface area (Å²) in [5.41, 5.74) is 0. The van der Waals surface area contributed by atoms with Crippen molar-refractivity contribution in [2.45, 2.75) is 123 Å². The first kappa shape index (κ1) is 25.9. The molecule has 0 aliphatic rings. The van der Waals surface area contributed by atoms with E-state index >= 15 is 0 Å². The molecule has 26 heavy (non-hydrogen) atoms. The average Bonchev–Trinajstić information content (AvgIpc) is 2.65. The molecule has 0 saturated heterocycles. The van der Waals surface area contributed by atoms with Crippen molar-refractivity contribution in [3.05, 3.63) is 0 Å². The van der Waals surface area contributed by atoms with Gasteiger partial charge in [0.25, 0.3) is 0 Å². The minimum Gasteiger partial charge on any atom is -0.463 e. The smallest absolute Gasteiger partial charge is 0.335 e. The number of hydrogen-bond donors (Lipinski definition) is 0. The molecule has 0 aliphatic carbocycles. The molecule has 0 N–H and O–H groups in total. The van der Waals surface area contributed by atoms with Crippen LogP contribution in [0.3, 0.4) is 0 Å². The Bertz CT molecular complexity index is 310. The van der Waals surface area contributed by atoms with Gasteiger partial charge in [0.05, 0.1) is 6.61 Å². The van der Waals surface area contributed by atoms with E-state index in [0.29, 0.717) is 12.5 Å². The highest BCUT2D eigenvalue weighted by Gasteiger charge is 2.20. The summed E-state index contributed by atoms with van der Waals surface area (Å²) in [6.45, 7) is 7.23. The van der Waals surface area contributed by atoms with E-state index < -0.39 is 6.10 Å². The fourth-order valence-electron chi connectivity index (χ4n) is 3.31. The van der Waals surface area contributed by atoms with Crippen molar-refractivity contribution in [1.82, 2.24) is 0 Å². The van der Waals surface area contributed by atoms with Crippen LogP contribution >= 0.6 is 9.47 Å². The van der Waals surface area contributed by atoms with Gasteiger partial charge < -0.3 is 9.26 Å². The summed E-state index contributed by atoms with van der Waals surface area (Å²) in [6, 6.07) is 0. The van der Waals surface area contributed by atoms with Crippen LogP contribution in [-0.2, 0) is 14.1 Å². The molecule has 0 spiro atoms. The van der Waals surface area contributed by atoms with Gasteiger partial charge in [-0.1, -0.05) is 97.8 Å². The zero-order valence-corrected chi connectivity index (χ0v) is 18.9. The number of unbranched alkanes of at least 4 members (excludes halogenated alkanes) is 9. The first-order chi connectivity index (χ1) is 12.7. The molecule has 0 saturated carbocycles. The summed E-state index contributed by atoms with van der Waals surface area (Å²) in [5, 5.41) is 0. The van der Waals surface area contributed by atoms with E-state index in [1.54, 1.807) is 0 Å². The van der Waals surface area contributed by atoms with E-state index in [0.717, 1.165) is 19.3 Å². The van der Waals surface area contributed by atoms with Crippen molar-refractivity contribution in [3.8, 4) is 0 Å². The van der Waals surface area contributed by atoms with Crippen LogP contribution in [0, 0.1) is 5.92 Å². The van der Waals surface area contributed by atoms with Crippen LogP contribution in [0.5, 0.6) is 0 Å². The van der Waals surface area contributed by atoms with Gasteiger partial charge in [0, 0.05) is 9.47 Å². The molecule has 0 aromatic heterocycles. The van der Waals surface area contributed by atoms with E-state index in [-0.39, 0.29) is 5.97 Å². The molecule has 3 atom stereocenters. The Hall–Kier alpha value is -0.140. The first-order valence-corrected chi connectivity index (χ1v) is 11.7. The minimum absolute atomic E-state index is 0.180. The van der Waals surface area contributed by atoms with Crippen LogP contribution in [0.25, 0.3) is 0 Å². The normalized spacial score (nSPS) is 13.5. The third kappa shape index (κ3) is 15.0. The van der Waals surface area contributed by atoms with E-state index in [9.17, 15) is 4.79 Å². The molecule has 0 fully saturated rings. The lowest BCUT2D eigenvalue weighted by Gasteiger charge is -2.19. The number of ether oxygens (including phenoxy) is 1. The van der Waals surface area contributed by atoms with Gasteiger partial charge in [-0.05, 0) is 25.2 Å². The van der Waals surface area contributed by atoms with Gasteiger partial charge >= 0.3 is 5.97 Å². The summed E-state index contributed by atoms with van der Waals surface area (Å²) in [7, 11) is 2.24. The summed E-state index contributed by atoms with van der Waals surface area (Å²) in [4.78, 5) is 12.3. The molecule has 0 aromatic carbocycles. The highest BCUT2D eigenvalue weighted by molar-refractivity contribution is 7.09. The van der Waals surface area contributed by atoms with Crippen molar-refractivity contribution in [2.75, 3.05) is 6.61 Å². The van der Waals surface area contributed by atoms with Crippen molar-refractivity contribution in [1.29, 1.82) is 0 Å². The third-order valence-corrected chi connectivity index (χ3v) is 5.47. The van der Waals surface area contributed by atoms with Gasteiger partial charge in [-0.3, -0.25) is 0 Å². The molecule has 0 aromatic rings. The second-order valence-electron chi connectivity index (χ2n) is 7.67. The zero-order chi connectivity index (χ0) is 19.5. The predicted octanol–water partition coefficient (Wildman–Crippen LogP) is 7.23. The highest BCUT2D eigenvalue weighted by atomic mass is 31.0. The summed E-state index contributed by atoms with van der Waals surface area (Å²) < 4.78 is 10.9. The lowest BCUT2D eigenvalue weighted by molar-refractivity contribution is -0.153. The highest BCUT2D eigenvalue weighted by Crippen LogP contribution is 2.20. The molecule has 0 radical (unpaired) electrons. The number of carbonyl (C=O) groups is 1. The maximum absolute atomic E-state index is 12.3. The Balaban J connectivity index is 4.11. The van der Waals surface area contributed by atoms with Crippen molar-refractivity contribution >= 4 is 15.4 Å². The average molecular weight is 389 g/mol. The van der Waals surface area contributed by atoms with Gasteiger partial charge in [0.1, 0.15) is 0 Å². The van der Waals surface area contributed by atoms with Crippen LogP contribution in [-0.4, -0.2) is 18.7 Å². The molecule has 3 nitrogen and oxygen atoms in total. The van der Waals surface area contributed by atoms with Crippen molar-refractivity contribution in [3.63, 3.8) is 0 Å². The number of esters is 1. The lowest BCUT2D eigenvalue weighted by Crippen LogP contribution is -2.26. The van der Waals surface area contributed by atoms with Crippen LogP contribution in [0.4, 0.5) is 0 Å². The predicted molar refractivity (Wildman–Crippen MR) is 115 cm³/mol. The SMILES string of the molecule is CCCCCCCCC(CCCC)COC(=O)C(CCCCCC)OP. The maximum atomic E-state index is 12.3. The molecule has 0 heterocycles. The maximum Gasteiger partial charge on any atom is 0.335 e. The molecular weight excluding hydrogens is 343 g/mol. The lowest BCUT2D eigenvalue weighted by atomic mass is 9.95. The largest absolute Gasteiger partial charge is 0.463 e. The standard InChI is InChI=1S/C22H45O3P/c1-4-7-10-12-13-14-17-20(16-9-6-3)19-24-22(23)21(25-26)18-15-11-8-5-2/h20-21H,4-19,26H2,1-3H3. The van der Waals surface area contributed by atoms with Gasteiger partial charge in [-0.2, -0.15) is 0 Å². The van der Waals surface area contributed by atoms with Crippen molar-refractivity contribution < 1.29 is 14.1 Å². The Morgan fingerprint density at radius 2 is 1.23 bits per heavy atom. The molecule has 0 bridgehead atoms. The van der Waals surface area contributed by atoms with Crippen LogP contribution in [0.15, 0.2) is 0 Å². The summed E-state index contributed by atoms with van der Waals surface area (Å²) >= 11 is 0. The molecule has 3 unspecified atom stereocenters. The topological polar surface area (TPSA) is 35.5 Å². The minimum atomic E-state index is -0.419. The molecule has 156 valence electrons. The number of hydrogen-bond acceptors (Lipinski definition) is 3. The van der Waals surface area contributed by atoms with E-state index in [2.05, 4.69) is 30.2 Å². The molecule has 0 aliphatic heterocycles. The first-order valence-electron chi connectivity index (χ1n) is 11.2. The van der Waals surface area contributed by atoms with Gasteiger partial charge in [-0.25, -0.2) is 4.79 Å². The second-order valence-corrected chi connectivity index (χ2v) is 7.94. The zero-order valence-electron chi connectivity index (χ0n) is 17.8. The van der Waals surface area contributed by atoms with E-state index in [4.69, 9.17) is 9.26 Å². The Morgan fingerprint density at radius 3 is 1.85 bits per heavy atom. The van der Waals surface area contributed by atoms with Crippen molar-refractivity contribution in [2.24, 2.45) is 5.92 Å². The third-order valence-electron chi connectivity index (χ3n) is 5.14. The quantitative estimate of drug-likeness (QED) is 0.133. The Morgan fingerprint density at radius 1 is 0.731 bits per heavy atom. The van der Waals surface area contributed by atoms with E-state index in [1.807, 2.05) is 0 Å². The van der Waals surface area contributed by atoms with Gasteiger partial charge in [0.15, 0.2) is 6.10 Å². The van der Waals surface area contributed by atoms with Crippen LogP contribution in [0.1, 0.15) is 117 Å². The number of carbonyl (C=O) groups excluding carboxylic acids is 1. The molecular formula is C22H45O3P. The van der Waals surface area contributed by atoms with Crippen LogP contribution in [0.2, 0.25) is 0 Å². The number of rotatable bonds is 19. The summed E-state index contributed by atoms with van der Waals surface area (Å²) in [6.07, 6.45) is 17.6. The van der Waals surface area contributed by atoms with Crippen LogP contribution < -0.4 is 0 Å². The fourth-order valence-corrected chi connectivity index (χ4v) is 3.56. The monoisotopic (exact) mass is 388 g/mol. The molecule has 0 amide bonds. The van der Waals surface area contributed by atoms with Gasteiger partial charge in [0.2, 0.25) is 0 Å². The second kappa shape index (κ2) is 19.6. The summed E-state index contributed by atoms with van der Waals surface area (Å²) in [5.74, 6) is 0.330. The van der Waals surface area contributed by atoms with E-state index in [1.165, 1.54) is 77.0 Å². The Labute approximate surface area is 165 Å². The molecule has 4 heteroatoms. The van der Waals surface area contributed by atoms with Gasteiger partial charge in [-0.15, -0.1) is 0 Å². The fraction of sp³-hybridized carbons (Fsp3) is 0.955. The Kier molecular flexibility index (Phi) is 19.5.